The zero-order chi connectivity index (χ0) is 11.4. The Balaban J connectivity index is 3.05. The molecule has 82 valence electrons. The summed E-state index contributed by atoms with van der Waals surface area (Å²) in [5.74, 6) is 0.249. The lowest BCUT2D eigenvalue weighted by Gasteiger charge is -2.10. The van der Waals surface area contributed by atoms with Crippen molar-refractivity contribution in [2.75, 3.05) is 7.11 Å². The molecule has 0 saturated carbocycles. The lowest BCUT2D eigenvalue weighted by Crippen LogP contribution is -2.07. The van der Waals surface area contributed by atoms with Crippen LogP contribution in [0, 0.1) is 13.8 Å². The molecule has 0 aliphatic rings. The number of carbonyl (C=O) groups excluding carboxylic acids is 1. The van der Waals surface area contributed by atoms with Crippen LogP contribution in [-0.2, 0) is 21.8 Å². The van der Waals surface area contributed by atoms with E-state index < -0.39 is 0 Å². The standard InChI is InChI=1S/C12H15ClO2/c1-8-4-10(7-13)5-11(9(8)2)6-12(14)15-3/h4-5H,6-7H2,1-3H3. The summed E-state index contributed by atoms with van der Waals surface area (Å²) in [4.78, 5) is 11.2. The fraction of sp³-hybridized carbons (Fsp3) is 0.417. The smallest absolute Gasteiger partial charge is 0.309 e. The Morgan fingerprint density at radius 1 is 1.40 bits per heavy atom. The van der Waals surface area contributed by atoms with Gasteiger partial charge in [-0.1, -0.05) is 12.1 Å². The molecule has 0 aliphatic carbocycles. The fourth-order valence-corrected chi connectivity index (χ4v) is 1.66. The summed E-state index contributed by atoms with van der Waals surface area (Å²) in [6.07, 6.45) is 0.313. The number of rotatable bonds is 3. The minimum absolute atomic E-state index is 0.218. The highest BCUT2D eigenvalue weighted by Gasteiger charge is 2.08. The van der Waals surface area contributed by atoms with Crippen LogP contribution in [0.15, 0.2) is 12.1 Å². The van der Waals surface area contributed by atoms with Crippen LogP contribution < -0.4 is 0 Å². The van der Waals surface area contributed by atoms with Gasteiger partial charge in [-0.3, -0.25) is 4.79 Å². The maximum atomic E-state index is 11.2. The van der Waals surface area contributed by atoms with Gasteiger partial charge in [0.1, 0.15) is 0 Å². The monoisotopic (exact) mass is 226 g/mol. The highest BCUT2D eigenvalue weighted by molar-refractivity contribution is 6.17. The van der Waals surface area contributed by atoms with Crippen molar-refractivity contribution in [3.8, 4) is 0 Å². The molecule has 15 heavy (non-hydrogen) atoms. The van der Waals surface area contributed by atoms with Gasteiger partial charge in [-0.25, -0.2) is 0 Å². The Morgan fingerprint density at radius 3 is 2.60 bits per heavy atom. The second-order valence-corrected chi connectivity index (χ2v) is 3.85. The molecular weight excluding hydrogens is 212 g/mol. The maximum Gasteiger partial charge on any atom is 0.309 e. The minimum Gasteiger partial charge on any atom is -0.469 e. The van der Waals surface area contributed by atoms with Crippen LogP contribution in [0.2, 0.25) is 0 Å². The highest BCUT2D eigenvalue weighted by Crippen LogP contribution is 2.18. The molecule has 1 rings (SSSR count). The predicted molar refractivity (Wildman–Crippen MR) is 61.2 cm³/mol. The minimum atomic E-state index is -0.218. The summed E-state index contributed by atoms with van der Waals surface area (Å²) in [6.45, 7) is 4.03. The van der Waals surface area contributed by atoms with Gasteiger partial charge < -0.3 is 4.74 Å². The molecule has 0 saturated heterocycles. The molecule has 0 atom stereocenters. The highest BCUT2D eigenvalue weighted by atomic mass is 35.5. The van der Waals surface area contributed by atoms with Crippen LogP contribution in [0.5, 0.6) is 0 Å². The van der Waals surface area contributed by atoms with Gasteiger partial charge in [0.25, 0.3) is 0 Å². The number of esters is 1. The van der Waals surface area contributed by atoms with Crippen molar-refractivity contribution in [2.24, 2.45) is 0 Å². The summed E-state index contributed by atoms with van der Waals surface area (Å²) in [5, 5.41) is 0. The first-order valence-corrected chi connectivity index (χ1v) is 5.33. The Kier molecular flexibility index (Phi) is 4.15. The summed E-state index contributed by atoms with van der Waals surface area (Å²) in [5.41, 5.74) is 4.33. The average Bonchev–Trinajstić information content (AvgIpc) is 2.24. The molecule has 3 heteroatoms. The van der Waals surface area contributed by atoms with E-state index in [1.807, 2.05) is 26.0 Å². The Bertz CT molecular complexity index is 372. The number of hydrogen-bond acceptors (Lipinski definition) is 2. The van der Waals surface area contributed by atoms with Crippen LogP contribution in [0.1, 0.15) is 22.3 Å². The molecule has 0 aromatic heterocycles. The zero-order valence-corrected chi connectivity index (χ0v) is 10.0. The van der Waals surface area contributed by atoms with E-state index in [-0.39, 0.29) is 5.97 Å². The van der Waals surface area contributed by atoms with Crippen LogP contribution in [0.25, 0.3) is 0 Å². The molecule has 0 fully saturated rings. The van der Waals surface area contributed by atoms with E-state index in [0.29, 0.717) is 12.3 Å². The van der Waals surface area contributed by atoms with Gasteiger partial charge in [0.05, 0.1) is 13.5 Å². The van der Waals surface area contributed by atoms with E-state index in [1.54, 1.807) is 0 Å². The topological polar surface area (TPSA) is 26.3 Å². The van der Waals surface area contributed by atoms with E-state index in [0.717, 1.165) is 22.3 Å². The van der Waals surface area contributed by atoms with Gasteiger partial charge in [-0.15, -0.1) is 11.6 Å². The number of aryl methyl sites for hydroxylation is 1. The molecule has 0 bridgehead atoms. The molecule has 0 unspecified atom stereocenters. The first kappa shape index (κ1) is 12.1. The molecule has 0 N–H and O–H groups in total. The molecule has 0 heterocycles. The second kappa shape index (κ2) is 5.17. The first-order chi connectivity index (χ1) is 7.08. The number of hydrogen-bond donors (Lipinski definition) is 0. The van der Waals surface area contributed by atoms with E-state index in [1.165, 1.54) is 7.11 Å². The normalized spacial score (nSPS) is 10.1. The Morgan fingerprint density at radius 2 is 2.07 bits per heavy atom. The van der Waals surface area contributed by atoms with E-state index >= 15 is 0 Å². The SMILES string of the molecule is COC(=O)Cc1cc(CCl)cc(C)c1C. The van der Waals surface area contributed by atoms with Crippen molar-refractivity contribution in [3.63, 3.8) is 0 Å². The lowest BCUT2D eigenvalue weighted by atomic mass is 9.98. The fourth-order valence-electron chi connectivity index (χ4n) is 1.50. The molecule has 0 aliphatic heterocycles. The number of ether oxygens (including phenoxy) is 1. The number of carbonyl (C=O) groups is 1. The van der Waals surface area contributed by atoms with Gasteiger partial charge in [-0.05, 0) is 36.1 Å². The third kappa shape index (κ3) is 2.96. The third-order valence-electron chi connectivity index (χ3n) is 2.55. The quantitative estimate of drug-likeness (QED) is 0.585. The molecule has 0 radical (unpaired) electrons. The maximum absolute atomic E-state index is 11.2. The molecule has 0 amide bonds. The van der Waals surface area contributed by atoms with Crippen molar-refractivity contribution in [1.82, 2.24) is 0 Å². The van der Waals surface area contributed by atoms with Crippen LogP contribution in [0.4, 0.5) is 0 Å². The molecular formula is C12H15ClO2. The lowest BCUT2D eigenvalue weighted by molar-refractivity contribution is -0.139. The summed E-state index contributed by atoms with van der Waals surface area (Å²) >= 11 is 5.78. The molecule has 2 nitrogen and oxygen atoms in total. The van der Waals surface area contributed by atoms with Gasteiger partial charge in [0.2, 0.25) is 0 Å². The van der Waals surface area contributed by atoms with Crippen molar-refractivity contribution in [2.45, 2.75) is 26.1 Å². The largest absolute Gasteiger partial charge is 0.469 e. The second-order valence-electron chi connectivity index (χ2n) is 3.58. The van der Waals surface area contributed by atoms with Crippen LogP contribution in [0.3, 0.4) is 0 Å². The summed E-state index contributed by atoms with van der Waals surface area (Å²) < 4.78 is 4.65. The first-order valence-electron chi connectivity index (χ1n) is 4.80. The number of halogens is 1. The van der Waals surface area contributed by atoms with E-state index in [4.69, 9.17) is 11.6 Å². The molecule has 1 aromatic carbocycles. The van der Waals surface area contributed by atoms with Gasteiger partial charge in [0.15, 0.2) is 0 Å². The van der Waals surface area contributed by atoms with Gasteiger partial charge in [-0.2, -0.15) is 0 Å². The van der Waals surface area contributed by atoms with Gasteiger partial charge in [0, 0.05) is 5.88 Å². The van der Waals surface area contributed by atoms with Crippen LogP contribution in [-0.4, -0.2) is 13.1 Å². The number of methoxy groups -OCH3 is 1. The van der Waals surface area contributed by atoms with Crippen molar-refractivity contribution >= 4 is 17.6 Å². The zero-order valence-electron chi connectivity index (χ0n) is 9.26. The van der Waals surface area contributed by atoms with E-state index in [9.17, 15) is 4.79 Å². The van der Waals surface area contributed by atoms with Crippen molar-refractivity contribution < 1.29 is 9.53 Å². The Hall–Kier alpha value is -1.02. The van der Waals surface area contributed by atoms with Gasteiger partial charge >= 0.3 is 5.97 Å². The molecule has 0 spiro atoms. The van der Waals surface area contributed by atoms with Crippen molar-refractivity contribution in [1.29, 1.82) is 0 Å². The summed E-state index contributed by atoms with van der Waals surface area (Å²) in [7, 11) is 1.40. The number of benzene rings is 1. The Labute approximate surface area is 95.2 Å². The predicted octanol–water partition coefficient (Wildman–Crippen LogP) is 2.76. The van der Waals surface area contributed by atoms with E-state index in [2.05, 4.69) is 4.74 Å². The van der Waals surface area contributed by atoms with Crippen LogP contribution >= 0.6 is 11.6 Å². The van der Waals surface area contributed by atoms with Crippen molar-refractivity contribution in [3.05, 3.63) is 34.4 Å². The summed E-state index contributed by atoms with van der Waals surface area (Å²) in [6, 6.07) is 4.01. The third-order valence-corrected chi connectivity index (χ3v) is 2.86. The number of alkyl halides is 1. The molecule has 1 aromatic rings. The average molecular weight is 227 g/mol.